The lowest BCUT2D eigenvalue weighted by Crippen LogP contribution is -2.44. The van der Waals surface area contributed by atoms with Gasteiger partial charge < -0.3 is 19.1 Å². The van der Waals surface area contributed by atoms with Crippen molar-refractivity contribution in [2.24, 2.45) is 0 Å². The highest BCUT2D eigenvalue weighted by molar-refractivity contribution is 5.95. The minimum Gasteiger partial charge on any atom is -0.490 e. The van der Waals surface area contributed by atoms with Crippen molar-refractivity contribution < 1.29 is 23.4 Å². The first-order valence-electron chi connectivity index (χ1n) is 9.43. The zero-order chi connectivity index (χ0) is 19.9. The van der Waals surface area contributed by atoms with Gasteiger partial charge in [0, 0.05) is 12.1 Å². The van der Waals surface area contributed by atoms with E-state index in [0.717, 1.165) is 25.2 Å². The van der Waals surface area contributed by atoms with Crippen LogP contribution >= 0.6 is 0 Å². The minimum absolute atomic E-state index is 0.0997. The first kappa shape index (κ1) is 19.9. The first-order chi connectivity index (χ1) is 13.6. The summed E-state index contributed by atoms with van der Waals surface area (Å²) in [6, 6.07) is 5.32. The Morgan fingerprint density at radius 3 is 2.61 bits per heavy atom. The van der Waals surface area contributed by atoms with Crippen molar-refractivity contribution in [1.29, 1.82) is 0 Å². The normalized spacial score (nSPS) is 16.5. The Morgan fingerprint density at radius 1 is 1.18 bits per heavy atom. The maximum absolute atomic E-state index is 13.0. The van der Waals surface area contributed by atoms with Crippen molar-refractivity contribution in [2.75, 3.05) is 26.3 Å². The molecule has 0 bridgehead atoms. The topological polar surface area (TPSA) is 73.8 Å². The SMILES string of the molecule is CCOc1ccc(C(=O)N2CCCC(Oc3ncc(F)cn3)C2)cc1OCC. The summed E-state index contributed by atoms with van der Waals surface area (Å²) in [6.07, 6.45) is 3.45. The van der Waals surface area contributed by atoms with Gasteiger partial charge in [-0.1, -0.05) is 0 Å². The Labute approximate surface area is 163 Å². The van der Waals surface area contributed by atoms with E-state index in [1.807, 2.05) is 13.8 Å². The van der Waals surface area contributed by atoms with Crippen molar-refractivity contribution >= 4 is 5.91 Å². The van der Waals surface area contributed by atoms with Crippen molar-refractivity contribution in [3.05, 3.63) is 42.0 Å². The Balaban J connectivity index is 1.69. The molecule has 0 saturated carbocycles. The first-order valence-corrected chi connectivity index (χ1v) is 9.43. The van der Waals surface area contributed by atoms with Crippen LogP contribution in [0.5, 0.6) is 17.5 Å². The predicted octanol–water partition coefficient (Wildman–Crippen LogP) is 3.10. The molecule has 1 atom stereocenters. The fourth-order valence-corrected chi connectivity index (χ4v) is 3.10. The van der Waals surface area contributed by atoms with Crippen LogP contribution in [0.4, 0.5) is 4.39 Å². The number of carbonyl (C=O) groups excluding carboxylic acids is 1. The highest BCUT2D eigenvalue weighted by Crippen LogP contribution is 2.29. The second kappa shape index (κ2) is 9.34. The van der Waals surface area contributed by atoms with Gasteiger partial charge in [-0.3, -0.25) is 4.79 Å². The minimum atomic E-state index is -0.520. The highest BCUT2D eigenvalue weighted by atomic mass is 19.1. The van der Waals surface area contributed by atoms with Crippen LogP contribution in [0.3, 0.4) is 0 Å². The second-order valence-electron chi connectivity index (χ2n) is 6.34. The van der Waals surface area contributed by atoms with Gasteiger partial charge in [-0.25, -0.2) is 14.4 Å². The van der Waals surface area contributed by atoms with Gasteiger partial charge in [0.15, 0.2) is 17.3 Å². The third-order valence-corrected chi connectivity index (χ3v) is 4.32. The van der Waals surface area contributed by atoms with Crippen molar-refractivity contribution in [3.63, 3.8) is 0 Å². The summed E-state index contributed by atoms with van der Waals surface area (Å²) in [6.45, 7) is 5.83. The van der Waals surface area contributed by atoms with E-state index in [-0.39, 0.29) is 18.0 Å². The maximum Gasteiger partial charge on any atom is 0.316 e. The molecule has 2 heterocycles. The zero-order valence-corrected chi connectivity index (χ0v) is 16.1. The Morgan fingerprint density at radius 2 is 1.89 bits per heavy atom. The number of amides is 1. The van der Waals surface area contributed by atoms with Gasteiger partial charge in [-0.2, -0.15) is 0 Å². The fourth-order valence-electron chi connectivity index (χ4n) is 3.10. The Bertz CT molecular complexity index is 801. The van der Waals surface area contributed by atoms with E-state index in [4.69, 9.17) is 14.2 Å². The summed E-state index contributed by atoms with van der Waals surface area (Å²) in [4.78, 5) is 22.3. The van der Waals surface area contributed by atoms with Crippen molar-refractivity contribution in [1.82, 2.24) is 14.9 Å². The second-order valence-corrected chi connectivity index (χ2v) is 6.34. The number of nitrogens with zero attached hydrogens (tertiary/aromatic N) is 3. The molecule has 1 amide bonds. The average Bonchev–Trinajstić information content (AvgIpc) is 2.71. The molecule has 3 rings (SSSR count). The Hall–Kier alpha value is -2.90. The molecule has 1 aliphatic heterocycles. The van der Waals surface area contributed by atoms with Crippen LogP contribution in [0.1, 0.15) is 37.0 Å². The van der Waals surface area contributed by atoms with Gasteiger partial charge in [0.05, 0.1) is 32.2 Å². The molecule has 150 valence electrons. The molecule has 2 aromatic rings. The van der Waals surface area contributed by atoms with Crippen LogP contribution < -0.4 is 14.2 Å². The van der Waals surface area contributed by atoms with Crippen molar-refractivity contribution in [3.8, 4) is 17.5 Å². The molecule has 7 nitrogen and oxygen atoms in total. The van der Waals surface area contributed by atoms with E-state index in [9.17, 15) is 9.18 Å². The number of piperidine rings is 1. The number of ether oxygens (including phenoxy) is 3. The van der Waals surface area contributed by atoms with E-state index in [2.05, 4.69) is 9.97 Å². The molecule has 1 aliphatic rings. The molecular weight excluding hydrogens is 365 g/mol. The number of carbonyl (C=O) groups is 1. The molecule has 0 aliphatic carbocycles. The van der Waals surface area contributed by atoms with Crippen LogP contribution in [0.15, 0.2) is 30.6 Å². The van der Waals surface area contributed by atoms with Gasteiger partial charge in [0.25, 0.3) is 5.91 Å². The van der Waals surface area contributed by atoms with Crippen LogP contribution in [0, 0.1) is 5.82 Å². The van der Waals surface area contributed by atoms with E-state index in [1.165, 1.54) is 0 Å². The van der Waals surface area contributed by atoms with E-state index in [1.54, 1.807) is 23.1 Å². The average molecular weight is 389 g/mol. The zero-order valence-electron chi connectivity index (χ0n) is 16.1. The number of rotatable bonds is 7. The summed E-state index contributed by atoms with van der Waals surface area (Å²) in [5.74, 6) is 0.555. The lowest BCUT2D eigenvalue weighted by molar-refractivity contribution is 0.0515. The monoisotopic (exact) mass is 389 g/mol. The molecular formula is C20H24FN3O4. The lowest BCUT2D eigenvalue weighted by Gasteiger charge is -2.32. The fraction of sp³-hybridized carbons (Fsp3) is 0.450. The van der Waals surface area contributed by atoms with Crippen LogP contribution in [-0.4, -0.2) is 53.2 Å². The van der Waals surface area contributed by atoms with Crippen LogP contribution in [-0.2, 0) is 0 Å². The molecule has 0 radical (unpaired) electrons. The Kier molecular flexibility index (Phi) is 6.62. The molecule has 1 aromatic heterocycles. The molecule has 0 spiro atoms. The number of likely N-dealkylation sites (tertiary alicyclic amines) is 1. The number of hydrogen-bond acceptors (Lipinski definition) is 6. The standard InChI is InChI=1S/C20H24FN3O4/c1-3-26-17-8-7-14(10-18(17)27-4-2)19(25)24-9-5-6-16(13-24)28-20-22-11-15(21)12-23-20/h7-8,10-12,16H,3-6,9,13H2,1-2H3. The van der Waals surface area contributed by atoms with Gasteiger partial charge in [0.2, 0.25) is 0 Å². The summed E-state index contributed by atoms with van der Waals surface area (Å²) in [5, 5.41) is 0. The number of hydrogen-bond donors (Lipinski definition) is 0. The van der Waals surface area contributed by atoms with E-state index in [0.29, 0.717) is 43.4 Å². The molecule has 0 N–H and O–H groups in total. The smallest absolute Gasteiger partial charge is 0.316 e. The summed E-state index contributed by atoms with van der Waals surface area (Å²) in [5.41, 5.74) is 0.533. The molecule has 1 aromatic carbocycles. The molecule has 1 saturated heterocycles. The number of halogens is 1. The van der Waals surface area contributed by atoms with Crippen LogP contribution in [0.2, 0.25) is 0 Å². The van der Waals surface area contributed by atoms with E-state index < -0.39 is 5.82 Å². The largest absolute Gasteiger partial charge is 0.490 e. The maximum atomic E-state index is 13.0. The quantitative estimate of drug-likeness (QED) is 0.725. The number of aromatic nitrogens is 2. The van der Waals surface area contributed by atoms with Gasteiger partial charge >= 0.3 is 6.01 Å². The van der Waals surface area contributed by atoms with Gasteiger partial charge in [0.1, 0.15) is 6.10 Å². The summed E-state index contributed by atoms with van der Waals surface area (Å²) >= 11 is 0. The lowest BCUT2D eigenvalue weighted by atomic mass is 10.1. The molecule has 28 heavy (non-hydrogen) atoms. The van der Waals surface area contributed by atoms with Gasteiger partial charge in [-0.05, 0) is 44.9 Å². The van der Waals surface area contributed by atoms with Crippen molar-refractivity contribution in [2.45, 2.75) is 32.8 Å². The molecule has 8 heteroatoms. The highest BCUT2D eigenvalue weighted by Gasteiger charge is 2.27. The van der Waals surface area contributed by atoms with Crippen LogP contribution in [0.25, 0.3) is 0 Å². The van der Waals surface area contributed by atoms with E-state index >= 15 is 0 Å². The third-order valence-electron chi connectivity index (χ3n) is 4.32. The number of benzene rings is 1. The molecule has 1 fully saturated rings. The van der Waals surface area contributed by atoms with Gasteiger partial charge in [-0.15, -0.1) is 0 Å². The molecule has 1 unspecified atom stereocenters. The summed E-state index contributed by atoms with van der Waals surface area (Å²) < 4.78 is 29.8. The third kappa shape index (κ3) is 4.88. The summed E-state index contributed by atoms with van der Waals surface area (Å²) in [7, 11) is 0. The predicted molar refractivity (Wildman–Crippen MR) is 100 cm³/mol.